The summed E-state index contributed by atoms with van der Waals surface area (Å²) in [6.45, 7) is 3.74. The molecule has 3 unspecified atom stereocenters. The van der Waals surface area contributed by atoms with Crippen molar-refractivity contribution in [3.8, 4) is 0 Å². The number of hydrogen-bond donors (Lipinski definition) is 1. The topological polar surface area (TPSA) is 83.9 Å². The highest BCUT2D eigenvalue weighted by Gasteiger charge is 2.34. The van der Waals surface area contributed by atoms with Crippen molar-refractivity contribution in [2.24, 2.45) is 11.8 Å². The number of hydrogen-bond acceptors (Lipinski definition) is 4. The van der Waals surface area contributed by atoms with Crippen LogP contribution in [-0.4, -0.2) is 47.5 Å². The first-order valence-corrected chi connectivity index (χ1v) is 6.98. The Kier molecular flexibility index (Phi) is 5.98. The molecule has 1 saturated heterocycles. The van der Waals surface area contributed by atoms with Crippen LogP contribution in [0.2, 0.25) is 0 Å². The maximum absolute atomic E-state index is 12.4. The Morgan fingerprint density at radius 1 is 1.25 bits per heavy atom. The largest absolute Gasteiger partial charge is 0.481 e. The lowest BCUT2D eigenvalue weighted by Crippen LogP contribution is -2.48. The van der Waals surface area contributed by atoms with Gasteiger partial charge in [-0.05, 0) is 19.3 Å². The molecular weight excluding hydrogens is 262 g/mol. The summed E-state index contributed by atoms with van der Waals surface area (Å²) in [6, 6.07) is -0.174. The van der Waals surface area contributed by atoms with Crippen LogP contribution < -0.4 is 0 Å². The first-order valence-electron chi connectivity index (χ1n) is 6.98. The second-order valence-electron chi connectivity index (χ2n) is 5.38. The Morgan fingerprint density at radius 3 is 2.45 bits per heavy atom. The van der Waals surface area contributed by atoms with E-state index in [1.54, 1.807) is 11.8 Å². The molecule has 0 bridgehead atoms. The van der Waals surface area contributed by atoms with Gasteiger partial charge in [-0.2, -0.15) is 0 Å². The number of carbonyl (C=O) groups excluding carboxylic acids is 2. The van der Waals surface area contributed by atoms with Gasteiger partial charge in [0.2, 0.25) is 5.91 Å². The van der Waals surface area contributed by atoms with Gasteiger partial charge in [-0.15, -0.1) is 0 Å². The van der Waals surface area contributed by atoms with Crippen LogP contribution in [0.3, 0.4) is 0 Å². The lowest BCUT2D eigenvalue weighted by Gasteiger charge is -2.37. The van der Waals surface area contributed by atoms with Crippen LogP contribution in [0.1, 0.15) is 39.5 Å². The molecule has 6 heteroatoms. The summed E-state index contributed by atoms with van der Waals surface area (Å²) >= 11 is 0. The lowest BCUT2D eigenvalue weighted by molar-refractivity contribution is -0.152. The Morgan fingerprint density at radius 2 is 1.90 bits per heavy atom. The molecule has 20 heavy (non-hydrogen) atoms. The van der Waals surface area contributed by atoms with Crippen molar-refractivity contribution < 1.29 is 24.2 Å². The van der Waals surface area contributed by atoms with Crippen molar-refractivity contribution in [3.63, 3.8) is 0 Å². The van der Waals surface area contributed by atoms with Gasteiger partial charge in [-0.3, -0.25) is 14.4 Å². The number of carboxylic acids is 1. The third-order valence-corrected chi connectivity index (χ3v) is 4.07. The van der Waals surface area contributed by atoms with Gasteiger partial charge < -0.3 is 14.7 Å². The molecule has 0 aromatic heterocycles. The van der Waals surface area contributed by atoms with Gasteiger partial charge in [0.15, 0.2) is 0 Å². The number of likely N-dealkylation sites (tertiary alicyclic amines) is 1. The average Bonchev–Trinajstić information content (AvgIpc) is 2.45. The second kappa shape index (κ2) is 7.26. The molecule has 1 heterocycles. The highest BCUT2D eigenvalue weighted by molar-refractivity contribution is 5.85. The number of piperidine rings is 1. The summed E-state index contributed by atoms with van der Waals surface area (Å²) in [5.74, 6) is -2.83. The third-order valence-electron chi connectivity index (χ3n) is 4.07. The zero-order valence-corrected chi connectivity index (χ0v) is 12.3. The van der Waals surface area contributed by atoms with Crippen molar-refractivity contribution >= 4 is 17.8 Å². The zero-order chi connectivity index (χ0) is 15.3. The fourth-order valence-electron chi connectivity index (χ4n) is 2.47. The first-order chi connectivity index (χ1) is 9.38. The van der Waals surface area contributed by atoms with Crippen molar-refractivity contribution in [2.75, 3.05) is 13.7 Å². The van der Waals surface area contributed by atoms with E-state index in [1.807, 2.05) is 0 Å². The minimum Gasteiger partial charge on any atom is -0.481 e. The summed E-state index contributed by atoms with van der Waals surface area (Å²) in [7, 11) is 1.33. The number of aliphatic carboxylic acids is 1. The highest BCUT2D eigenvalue weighted by Crippen LogP contribution is 2.24. The van der Waals surface area contributed by atoms with E-state index in [0.29, 0.717) is 6.54 Å². The van der Waals surface area contributed by atoms with E-state index in [4.69, 9.17) is 5.11 Å². The van der Waals surface area contributed by atoms with Crippen LogP contribution in [0.5, 0.6) is 0 Å². The van der Waals surface area contributed by atoms with Crippen LogP contribution in [0.4, 0.5) is 0 Å². The van der Waals surface area contributed by atoms with Gasteiger partial charge in [-0.25, -0.2) is 0 Å². The molecular formula is C14H23NO5. The minimum atomic E-state index is -0.979. The number of esters is 1. The van der Waals surface area contributed by atoms with Crippen molar-refractivity contribution in [1.29, 1.82) is 0 Å². The third kappa shape index (κ3) is 3.95. The fraction of sp³-hybridized carbons (Fsp3) is 0.786. The number of amides is 1. The predicted molar refractivity (Wildman–Crippen MR) is 71.9 cm³/mol. The summed E-state index contributed by atoms with van der Waals surface area (Å²) in [5.41, 5.74) is 0. The number of carbonyl (C=O) groups is 3. The molecule has 0 aromatic carbocycles. The Labute approximate surface area is 119 Å². The zero-order valence-electron chi connectivity index (χ0n) is 12.3. The molecule has 0 aromatic rings. The molecule has 114 valence electrons. The van der Waals surface area contributed by atoms with E-state index in [1.165, 1.54) is 14.0 Å². The van der Waals surface area contributed by atoms with Crippen molar-refractivity contribution in [1.82, 2.24) is 4.90 Å². The number of methoxy groups -OCH3 is 1. The molecule has 0 aliphatic carbocycles. The molecule has 3 atom stereocenters. The molecule has 1 rings (SSSR count). The quantitative estimate of drug-likeness (QED) is 0.769. The monoisotopic (exact) mass is 285 g/mol. The number of rotatable bonds is 5. The highest BCUT2D eigenvalue weighted by atomic mass is 16.5. The first kappa shape index (κ1) is 16.5. The van der Waals surface area contributed by atoms with Crippen molar-refractivity contribution in [3.05, 3.63) is 0 Å². The summed E-state index contributed by atoms with van der Waals surface area (Å²) in [4.78, 5) is 36.5. The lowest BCUT2D eigenvalue weighted by atomic mass is 9.91. The van der Waals surface area contributed by atoms with E-state index < -0.39 is 17.8 Å². The SMILES string of the molecule is COC(=O)CC1CCCCN1C(=O)C(C)C(C)C(=O)O. The Bertz CT molecular complexity index is 382. The average molecular weight is 285 g/mol. The molecule has 0 spiro atoms. The van der Waals surface area contributed by atoms with Gasteiger partial charge in [0.05, 0.1) is 19.4 Å². The standard InChI is InChI=1S/C14H23NO5/c1-9(10(2)14(18)19)13(17)15-7-5-4-6-11(15)8-12(16)20-3/h9-11H,4-8H2,1-3H3,(H,18,19). The number of nitrogens with zero attached hydrogens (tertiary/aromatic N) is 1. The minimum absolute atomic E-state index is 0.174. The molecule has 0 saturated carbocycles. The maximum atomic E-state index is 12.4. The normalized spacial score (nSPS) is 21.9. The summed E-state index contributed by atoms with van der Waals surface area (Å²) in [5, 5.41) is 9.00. The van der Waals surface area contributed by atoms with Gasteiger partial charge in [0.1, 0.15) is 0 Å². The van der Waals surface area contributed by atoms with Crippen LogP contribution in [0.15, 0.2) is 0 Å². The van der Waals surface area contributed by atoms with Gasteiger partial charge in [0, 0.05) is 18.5 Å². The molecule has 0 radical (unpaired) electrons. The molecule has 1 aliphatic heterocycles. The predicted octanol–water partition coefficient (Wildman–Crippen LogP) is 1.29. The number of carboxylic acid groups (broad SMARTS) is 1. The molecule has 1 fully saturated rings. The van der Waals surface area contributed by atoms with Crippen LogP contribution in [0.25, 0.3) is 0 Å². The number of ether oxygens (including phenoxy) is 1. The molecule has 1 N–H and O–H groups in total. The van der Waals surface area contributed by atoms with E-state index in [9.17, 15) is 14.4 Å². The van der Waals surface area contributed by atoms with Gasteiger partial charge in [0.25, 0.3) is 0 Å². The Hall–Kier alpha value is -1.59. The molecule has 1 aliphatic rings. The van der Waals surface area contributed by atoms with Gasteiger partial charge in [-0.1, -0.05) is 13.8 Å². The Balaban J connectivity index is 2.76. The van der Waals surface area contributed by atoms with E-state index in [0.717, 1.165) is 19.3 Å². The van der Waals surface area contributed by atoms with E-state index in [2.05, 4.69) is 4.74 Å². The second-order valence-corrected chi connectivity index (χ2v) is 5.38. The fourth-order valence-corrected chi connectivity index (χ4v) is 2.47. The van der Waals surface area contributed by atoms with Crippen LogP contribution in [0, 0.1) is 11.8 Å². The summed E-state index contributed by atoms with van der Waals surface area (Å²) < 4.78 is 4.66. The smallest absolute Gasteiger partial charge is 0.307 e. The van der Waals surface area contributed by atoms with Crippen LogP contribution >= 0.6 is 0 Å². The van der Waals surface area contributed by atoms with E-state index in [-0.39, 0.29) is 24.3 Å². The maximum Gasteiger partial charge on any atom is 0.307 e. The molecule has 1 amide bonds. The molecule has 6 nitrogen and oxygen atoms in total. The van der Waals surface area contributed by atoms with E-state index >= 15 is 0 Å². The van der Waals surface area contributed by atoms with Crippen molar-refractivity contribution in [2.45, 2.75) is 45.6 Å². The van der Waals surface area contributed by atoms with Gasteiger partial charge >= 0.3 is 11.9 Å². The van der Waals surface area contributed by atoms with Crippen LogP contribution in [-0.2, 0) is 19.1 Å². The summed E-state index contributed by atoms with van der Waals surface area (Å²) in [6.07, 6.45) is 2.79.